The summed E-state index contributed by atoms with van der Waals surface area (Å²) < 4.78 is 5.20. The van der Waals surface area contributed by atoms with Gasteiger partial charge in [0.25, 0.3) is 5.56 Å². The second kappa shape index (κ2) is 3.65. The average molecular weight is 220 g/mol. The Balaban J connectivity index is 2.75. The molecule has 1 N–H and O–H groups in total. The van der Waals surface area contributed by atoms with Crippen LogP contribution in [0.25, 0.3) is 11.3 Å². The van der Waals surface area contributed by atoms with E-state index in [-0.39, 0.29) is 17.0 Å². The molecule has 0 spiro atoms. The second-order valence-electron chi connectivity index (χ2n) is 3.09. The van der Waals surface area contributed by atoms with Crippen LogP contribution in [0.3, 0.4) is 0 Å². The Bertz CT molecular complexity index is 576. The summed E-state index contributed by atoms with van der Waals surface area (Å²) in [5.41, 5.74) is -0.268. The Morgan fingerprint density at radius 2 is 2.31 bits per heavy atom. The lowest BCUT2D eigenvalue weighted by molar-refractivity contribution is 0.0593. The van der Waals surface area contributed by atoms with Gasteiger partial charge in [0.2, 0.25) is 0 Å². The monoisotopic (exact) mass is 220 g/mol. The van der Waals surface area contributed by atoms with Gasteiger partial charge >= 0.3 is 5.97 Å². The summed E-state index contributed by atoms with van der Waals surface area (Å²) in [7, 11) is 1.19. The zero-order valence-corrected chi connectivity index (χ0v) is 8.38. The number of carbonyl (C=O) groups excluding carboxylic acids is 1. The van der Waals surface area contributed by atoms with Gasteiger partial charge in [-0.1, -0.05) is 0 Å². The van der Waals surface area contributed by atoms with Gasteiger partial charge in [0.1, 0.15) is 0 Å². The van der Waals surface area contributed by atoms with Crippen LogP contribution in [0.5, 0.6) is 0 Å². The van der Waals surface area contributed by atoms with E-state index in [1.807, 2.05) is 0 Å². The number of carbonyl (C=O) groups is 1. The van der Waals surface area contributed by atoms with Gasteiger partial charge in [-0.3, -0.25) is 4.79 Å². The molecule has 0 atom stereocenters. The van der Waals surface area contributed by atoms with Gasteiger partial charge in [0.05, 0.1) is 18.4 Å². The molecule has 0 fully saturated rings. The number of nitrogens with zero attached hydrogens (tertiary/aromatic N) is 2. The molecule has 0 unspecified atom stereocenters. The van der Waals surface area contributed by atoms with Crippen LogP contribution in [0.15, 0.2) is 29.2 Å². The number of pyridine rings is 2. The van der Waals surface area contributed by atoms with Crippen molar-refractivity contribution in [1.82, 2.24) is 9.71 Å². The molecule has 2 heterocycles. The maximum absolute atomic E-state index is 11.5. The number of fused-ring (bicyclic) bond motifs is 1. The number of methoxy groups -OCH3 is 1. The standard InChI is InChI=1S/C10H8N2O4/c1-16-10(14)7-5-8-6(9(13)11-7)3-2-4-12(8)15/h2-5,15H,1H3. The fourth-order valence-corrected chi connectivity index (χ4v) is 1.38. The first-order valence-electron chi connectivity index (χ1n) is 4.43. The van der Waals surface area contributed by atoms with Gasteiger partial charge in [0.15, 0.2) is 5.69 Å². The van der Waals surface area contributed by atoms with E-state index in [1.54, 1.807) is 0 Å². The molecule has 0 saturated heterocycles. The molecule has 6 heteroatoms. The zero-order valence-electron chi connectivity index (χ0n) is 8.38. The molecule has 0 aromatic rings. The van der Waals surface area contributed by atoms with E-state index in [4.69, 9.17) is 0 Å². The largest absolute Gasteiger partial charge is 0.464 e. The van der Waals surface area contributed by atoms with E-state index >= 15 is 0 Å². The van der Waals surface area contributed by atoms with Gasteiger partial charge in [-0.2, -0.15) is 4.73 Å². The van der Waals surface area contributed by atoms with Crippen molar-refractivity contribution >= 4 is 5.97 Å². The highest BCUT2D eigenvalue weighted by Crippen LogP contribution is 2.16. The fourth-order valence-electron chi connectivity index (χ4n) is 1.38. The third-order valence-corrected chi connectivity index (χ3v) is 2.13. The van der Waals surface area contributed by atoms with E-state index in [1.165, 1.54) is 31.5 Å². The molecule has 2 aliphatic heterocycles. The molecule has 6 nitrogen and oxygen atoms in total. The first-order valence-corrected chi connectivity index (χ1v) is 4.43. The minimum atomic E-state index is -0.720. The summed E-state index contributed by atoms with van der Waals surface area (Å²) in [5, 5.41) is 9.47. The number of esters is 1. The van der Waals surface area contributed by atoms with Crippen LogP contribution < -0.4 is 5.56 Å². The number of aromatic nitrogens is 2. The Kier molecular flexibility index (Phi) is 2.32. The molecular weight excluding hydrogens is 212 g/mol. The molecule has 0 aromatic carbocycles. The predicted octanol–water partition coefficient (Wildman–Crippen LogP) is 0.372. The third kappa shape index (κ3) is 1.50. The molecular formula is C10H8N2O4. The maximum Gasteiger partial charge on any atom is 0.356 e. The minimum absolute atomic E-state index is 0.131. The Hall–Kier alpha value is -2.37. The Morgan fingerprint density at radius 3 is 3.00 bits per heavy atom. The molecule has 2 aliphatic rings. The van der Waals surface area contributed by atoms with Gasteiger partial charge < -0.3 is 9.94 Å². The van der Waals surface area contributed by atoms with Crippen molar-refractivity contribution < 1.29 is 14.7 Å². The van der Waals surface area contributed by atoms with Crippen LogP contribution in [0, 0.1) is 0 Å². The Morgan fingerprint density at radius 1 is 1.56 bits per heavy atom. The molecule has 82 valence electrons. The summed E-state index contributed by atoms with van der Waals surface area (Å²) in [6.07, 6.45) is 1.35. The lowest BCUT2D eigenvalue weighted by atomic mass is 10.1. The highest BCUT2D eigenvalue weighted by molar-refractivity contribution is 5.88. The molecule has 0 saturated carbocycles. The number of ether oxygens (including phenoxy) is 1. The minimum Gasteiger partial charge on any atom is -0.464 e. The maximum atomic E-state index is 11.5. The zero-order chi connectivity index (χ0) is 11.7. The van der Waals surface area contributed by atoms with Crippen LogP contribution in [-0.4, -0.2) is 28.0 Å². The van der Waals surface area contributed by atoms with Crippen molar-refractivity contribution in [1.29, 1.82) is 0 Å². The molecule has 0 aromatic heterocycles. The van der Waals surface area contributed by atoms with Gasteiger partial charge in [-0.15, -0.1) is 0 Å². The summed E-state index contributed by atoms with van der Waals surface area (Å²) in [4.78, 5) is 26.3. The van der Waals surface area contributed by atoms with Crippen LogP contribution in [-0.2, 0) is 4.74 Å². The number of hydrogen-bond donors (Lipinski definition) is 1. The molecule has 0 amide bonds. The van der Waals surface area contributed by atoms with E-state index < -0.39 is 11.5 Å². The van der Waals surface area contributed by atoms with Crippen LogP contribution in [0.1, 0.15) is 10.5 Å². The van der Waals surface area contributed by atoms with Crippen LogP contribution in [0.4, 0.5) is 0 Å². The van der Waals surface area contributed by atoms with Crippen LogP contribution in [0.2, 0.25) is 0 Å². The molecule has 16 heavy (non-hydrogen) atoms. The molecule has 0 aliphatic carbocycles. The average Bonchev–Trinajstić information content (AvgIpc) is 2.29. The highest BCUT2D eigenvalue weighted by Gasteiger charge is 2.16. The van der Waals surface area contributed by atoms with Crippen LogP contribution >= 0.6 is 0 Å². The van der Waals surface area contributed by atoms with E-state index in [0.29, 0.717) is 0 Å². The second-order valence-corrected chi connectivity index (χ2v) is 3.09. The van der Waals surface area contributed by atoms with E-state index in [2.05, 4.69) is 9.72 Å². The van der Waals surface area contributed by atoms with Gasteiger partial charge in [-0.25, -0.2) is 9.78 Å². The molecule has 2 rings (SSSR count). The van der Waals surface area contributed by atoms with Gasteiger partial charge in [-0.05, 0) is 18.2 Å². The number of rotatable bonds is 1. The van der Waals surface area contributed by atoms with Crippen molar-refractivity contribution in [3.05, 3.63) is 40.4 Å². The van der Waals surface area contributed by atoms with Crippen molar-refractivity contribution in [3.63, 3.8) is 0 Å². The number of hydrogen-bond acceptors (Lipinski definition) is 5. The quantitative estimate of drug-likeness (QED) is 0.554. The third-order valence-electron chi connectivity index (χ3n) is 2.13. The fraction of sp³-hybridized carbons (Fsp3) is 0.100. The summed E-state index contributed by atoms with van der Waals surface area (Å²) in [5.74, 6) is -0.720. The topological polar surface area (TPSA) is 81.4 Å². The van der Waals surface area contributed by atoms with Crippen molar-refractivity contribution in [2.45, 2.75) is 0 Å². The molecule has 0 bridgehead atoms. The lowest BCUT2D eigenvalue weighted by Crippen LogP contribution is -2.19. The SMILES string of the molecule is COC(=O)c1cc2n(O)cccc-2c(=O)n1. The van der Waals surface area contributed by atoms with Crippen molar-refractivity contribution in [2.75, 3.05) is 7.11 Å². The van der Waals surface area contributed by atoms with E-state index in [9.17, 15) is 14.8 Å². The molecule has 0 radical (unpaired) electrons. The summed E-state index contributed by atoms with van der Waals surface area (Å²) in [6.45, 7) is 0. The highest BCUT2D eigenvalue weighted by atomic mass is 16.5. The summed E-state index contributed by atoms with van der Waals surface area (Å²) >= 11 is 0. The first kappa shape index (κ1) is 10.2. The van der Waals surface area contributed by atoms with Gasteiger partial charge in [0, 0.05) is 6.20 Å². The van der Waals surface area contributed by atoms with E-state index in [0.717, 1.165) is 4.73 Å². The smallest absolute Gasteiger partial charge is 0.356 e. The predicted molar refractivity (Wildman–Crippen MR) is 53.6 cm³/mol. The lowest BCUT2D eigenvalue weighted by Gasteiger charge is -2.08. The van der Waals surface area contributed by atoms with Crippen molar-refractivity contribution in [2.24, 2.45) is 0 Å². The van der Waals surface area contributed by atoms with Crippen molar-refractivity contribution in [3.8, 4) is 11.3 Å². The Labute approximate surface area is 90.0 Å². The normalized spacial score (nSPS) is 10.3. The first-order chi connectivity index (χ1) is 7.63. The summed E-state index contributed by atoms with van der Waals surface area (Å²) in [6, 6.07) is 4.31.